The van der Waals surface area contributed by atoms with Gasteiger partial charge in [-0.2, -0.15) is 0 Å². The topological polar surface area (TPSA) is 55.5 Å². The number of aliphatic hydroxyl groups is 1. The highest BCUT2D eigenvalue weighted by atomic mass is 16.5. The van der Waals surface area contributed by atoms with Crippen LogP contribution in [0.25, 0.3) is 0 Å². The molecular weight excluding hydrogens is 214 g/mol. The first-order chi connectivity index (χ1) is 7.84. The Balaban J connectivity index is 2.62. The Bertz CT molecular complexity index is 374. The Morgan fingerprint density at radius 2 is 2.00 bits per heavy atom. The molecule has 0 bridgehead atoms. The Hall–Kier alpha value is -1.06. The number of rotatable bonds is 5. The van der Waals surface area contributed by atoms with Crippen LogP contribution in [0.1, 0.15) is 31.4 Å². The minimum absolute atomic E-state index is 0.0146. The van der Waals surface area contributed by atoms with Gasteiger partial charge in [0.05, 0.1) is 12.7 Å². The molecule has 0 heterocycles. The summed E-state index contributed by atoms with van der Waals surface area (Å²) in [5.74, 6) is 0.856. The third kappa shape index (κ3) is 4.36. The van der Waals surface area contributed by atoms with Gasteiger partial charge < -0.3 is 15.6 Å². The monoisotopic (exact) mass is 237 g/mol. The smallest absolute Gasteiger partial charge is 0.119 e. The molecule has 3 heteroatoms. The van der Waals surface area contributed by atoms with Crippen LogP contribution in [0, 0.1) is 13.8 Å². The minimum Gasteiger partial charge on any atom is -0.491 e. The largest absolute Gasteiger partial charge is 0.491 e. The van der Waals surface area contributed by atoms with Crippen LogP contribution in [0.3, 0.4) is 0 Å². The summed E-state index contributed by atoms with van der Waals surface area (Å²) in [5, 5.41) is 9.11. The first-order valence-electron chi connectivity index (χ1n) is 5.98. The second-order valence-electron chi connectivity index (χ2n) is 5.19. The van der Waals surface area contributed by atoms with Crippen molar-refractivity contribution >= 4 is 0 Å². The third-order valence-electron chi connectivity index (χ3n) is 2.93. The van der Waals surface area contributed by atoms with E-state index in [9.17, 15) is 0 Å². The van der Waals surface area contributed by atoms with Crippen LogP contribution in [-0.4, -0.2) is 23.4 Å². The second kappa shape index (κ2) is 5.52. The molecule has 3 N–H and O–H groups in total. The van der Waals surface area contributed by atoms with Gasteiger partial charge in [-0.1, -0.05) is 6.07 Å². The standard InChI is InChI=1S/C14H23NO2/c1-10-5-6-13(7-11(10)2)17-12(3)8-14(4,15)9-16/h5-7,12,16H,8-9,15H2,1-4H3. The quantitative estimate of drug-likeness (QED) is 0.825. The molecular formula is C14H23NO2. The van der Waals surface area contributed by atoms with Crippen LogP contribution >= 0.6 is 0 Å². The summed E-state index contributed by atoms with van der Waals surface area (Å²) in [5.41, 5.74) is 7.78. The number of aryl methyl sites for hydroxylation is 2. The summed E-state index contributed by atoms with van der Waals surface area (Å²) in [6.07, 6.45) is 0.607. The maximum Gasteiger partial charge on any atom is 0.119 e. The number of hydrogen-bond donors (Lipinski definition) is 2. The molecule has 0 amide bonds. The normalized spacial score (nSPS) is 16.4. The number of aliphatic hydroxyl groups excluding tert-OH is 1. The predicted octanol–water partition coefficient (Wildman–Crippen LogP) is 2.17. The summed E-state index contributed by atoms with van der Waals surface area (Å²) < 4.78 is 5.80. The molecule has 2 atom stereocenters. The fraction of sp³-hybridized carbons (Fsp3) is 0.571. The summed E-state index contributed by atoms with van der Waals surface area (Å²) in [6, 6.07) is 6.04. The van der Waals surface area contributed by atoms with Crippen molar-refractivity contribution in [1.29, 1.82) is 0 Å². The van der Waals surface area contributed by atoms with Crippen LogP contribution in [-0.2, 0) is 0 Å². The van der Waals surface area contributed by atoms with E-state index < -0.39 is 5.54 Å². The fourth-order valence-corrected chi connectivity index (χ4v) is 1.78. The first-order valence-corrected chi connectivity index (χ1v) is 5.98. The summed E-state index contributed by atoms with van der Waals surface area (Å²) in [7, 11) is 0. The third-order valence-corrected chi connectivity index (χ3v) is 2.93. The maximum atomic E-state index is 9.11. The van der Waals surface area contributed by atoms with Gasteiger partial charge in [-0.15, -0.1) is 0 Å². The fourth-order valence-electron chi connectivity index (χ4n) is 1.78. The van der Waals surface area contributed by atoms with Gasteiger partial charge >= 0.3 is 0 Å². The van der Waals surface area contributed by atoms with Gasteiger partial charge in [-0.25, -0.2) is 0 Å². The van der Waals surface area contributed by atoms with Crippen molar-refractivity contribution < 1.29 is 9.84 Å². The molecule has 1 aromatic carbocycles. The molecule has 1 aromatic rings. The SMILES string of the molecule is Cc1ccc(OC(C)CC(C)(N)CO)cc1C. The molecule has 0 aromatic heterocycles. The van der Waals surface area contributed by atoms with Crippen LogP contribution in [0.2, 0.25) is 0 Å². The summed E-state index contributed by atoms with van der Waals surface area (Å²) >= 11 is 0. The van der Waals surface area contributed by atoms with E-state index in [0.29, 0.717) is 6.42 Å². The average Bonchev–Trinajstić information content (AvgIpc) is 2.23. The van der Waals surface area contributed by atoms with Crippen molar-refractivity contribution in [2.45, 2.75) is 45.8 Å². The maximum absolute atomic E-state index is 9.11. The number of benzene rings is 1. The van der Waals surface area contributed by atoms with E-state index in [2.05, 4.69) is 13.8 Å². The van der Waals surface area contributed by atoms with Crippen LogP contribution in [0.15, 0.2) is 18.2 Å². The van der Waals surface area contributed by atoms with E-state index in [1.54, 1.807) is 0 Å². The van der Waals surface area contributed by atoms with Crippen molar-refractivity contribution in [3.63, 3.8) is 0 Å². The average molecular weight is 237 g/mol. The molecule has 1 rings (SSSR count). The molecule has 0 spiro atoms. The number of nitrogens with two attached hydrogens (primary N) is 1. The number of hydrogen-bond acceptors (Lipinski definition) is 3. The van der Waals surface area contributed by atoms with Gasteiger partial charge in [0.1, 0.15) is 5.75 Å². The van der Waals surface area contributed by atoms with Gasteiger partial charge in [0.15, 0.2) is 0 Å². The highest BCUT2D eigenvalue weighted by Gasteiger charge is 2.21. The van der Waals surface area contributed by atoms with Crippen LogP contribution in [0.4, 0.5) is 0 Å². The lowest BCUT2D eigenvalue weighted by molar-refractivity contribution is 0.133. The van der Waals surface area contributed by atoms with Crippen molar-refractivity contribution in [3.8, 4) is 5.75 Å². The zero-order valence-corrected chi connectivity index (χ0v) is 11.2. The van der Waals surface area contributed by atoms with Crippen molar-refractivity contribution in [1.82, 2.24) is 0 Å². The molecule has 0 fully saturated rings. The lowest BCUT2D eigenvalue weighted by Crippen LogP contribution is -2.43. The lowest BCUT2D eigenvalue weighted by atomic mass is 9.97. The van der Waals surface area contributed by atoms with E-state index in [1.165, 1.54) is 11.1 Å². The molecule has 0 aliphatic carbocycles. The van der Waals surface area contributed by atoms with Gasteiger partial charge in [0.2, 0.25) is 0 Å². The van der Waals surface area contributed by atoms with Crippen LogP contribution < -0.4 is 10.5 Å². The molecule has 17 heavy (non-hydrogen) atoms. The minimum atomic E-state index is -0.584. The number of ether oxygens (including phenoxy) is 1. The van der Waals surface area contributed by atoms with Gasteiger partial charge in [0, 0.05) is 12.0 Å². The predicted molar refractivity (Wildman–Crippen MR) is 70.3 cm³/mol. The van der Waals surface area contributed by atoms with E-state index in [4.69, 9.17) is 15.6 Å². The highest BCUT2D eigenvalue weighted by Crippen LogP contribution is 2.20. The van der Waals surface area contributed by atoms with E-state index in [-0.39, 0.29) is 12.7 Å². The van der Waals surface area contributed by atoms with Gasteiger partial charge in [0.25, 0.3) is 0 Å². The molecule has 0 radical (unpaired) electrons. The van der Waals surface area contributed by atoms with E-state index in [1.807, 2.05) is 32.0 Å². The first kappa shape index (κ1) is 14.0. The highest BCUT2D eigenvalue weighted by molar-refractivity contribution is 5.33. The second-order valence-corrected chi connectivity index (χ2v) is 5.19. The Labute approximate surface area is 104 Å². The lowest BCUT2D eigenvalue weighted by Gasteiger charge is -2.26. The summed E-state index contributed by atoms with van der Waals surface area (Å²) in [4.78, 5) is 0. The Kier molecular flexibility index (Phi) is 4.54. The molecule has 0 aliphatic rings. The Morgan fingerprint density at radius 1 is 1.35 bits per heavy atom. The molecule has 2 unspecified atom stereocenters. The van der Waals surface area contributed by atoms with Gasteiger partial charge in [-0.05, 0) is 51.0 Å². The van der Waals surface area contributed by atoms with Crippen LogP contribution in [0.5, 0.6) is 5.75 Å². The van der Waals surface area contributed by atoms with Crippen molar-refractivity contribution in [2.24, 2.45) is 5.73 Å². The van der Waals surface area contributed by atoms with Crippen molar-refractivity contribution in [3.05, 3.63) is 29.3 Å². The molecule has 0 saturated carbocycles. The zero-order valence-electron chi connectivity index (χ0n) is 11.2. The Morgan fingerprint density at radius 3 is 2.53 bits per heavy atom. The van der Waals surface area contributed by atoms with E-state index in [0.717, 1.165) is 5.75 Å². The molecule has 0 saturated heterocycles. The summed E-state index contributed by atoms with van der Waals surface area (Å²) in [6.45, 7) is 7.90. The van der Waals surface area contributed by atoms with E-state index >= 15 is 0 Å². The zero-order chi connectivity index (χ0) is 13.1. The molecule has 0 aliphatic heterocycles. The van der Waals surface area contributed by atoms with Crippen molar-refractivity contribution in [2.75, 3.05) is 6.61 Å². The van der Waals surface area contributed by atoms with Gasteiger partial charge in [-0.3, -0.25) is 0 Å². The molecule has 96 valence electrons. The molecule has 3 nitrogen and oxygen atoms in total.